The largest absolute Gasteiger partial charge is 0.460 e. The Morgan fingerprint density at radius 1 is 1.35 bits per heavy atom. The lowest BCUT2D eigenvalue weighted by molar-refractivity contribution is 0.0939. The van der Waals surface area contributed by atoms with Gasteiger partial charge in [-0.1, -0.05) is 37.8 Å². The minimum Gasteiger partial charge on any atom is -0.460 e. The molecule has 0 aliphatic carbocycles. The topological polar surface area (TPSA) is 94.3 Å². The van der Waals surface area contributed by atoms with Gasteiger partial charge in [0.05, 0.1) is 0 Å². The van der Waals surface area contributed by atoms with Gasteiger partial charge < -0.3 is 20.0 Å². The van der Waals surface area contributed by atoms with Crippen LogP contribution in [0.2, 0.25) is 0 Å². The summed E-state index contributed by atoms with van der Waals surface area (Å²) in [5.74, 6) is 0.932. The Bertz CT molecular complexity index is 645. The summed E-state index contributed by atoms with van der Waals surface area (Å²) in [6, 6.07) is 3.62. The number of furan rings is 1. The zero-order valence-corrected chi connectivity index (χ0v) is 14.0. The molecule has 2 aromatic heterocycles. The molecule has 0 saturated heterocycles. The van der Waals surface area contributed by atoms with E-state index in [0.29, 0.717) is 11.5 Å². The van der Waals surface area contributed by atoms with Gasteiger partial charge in [-0.05, 0) is 32.4 Å². The summed E-state index contributed by atoms with van der Waals surface area (Å²) >= 11 is 0. The highest BCUT2D eigenvalue weighted by molar-refractivity contribution is 6.03. The molecular formula is C17H25N3O3. The van der Waals surface area contributed by atoms with Crippen LogP contribution in [0.25, 0.3) is 11.5 Å². The lowest BCUT2D eigenvalue weighted by Crippen LogP contribution is -2.33. The monoisotopic (exact) mass is 319 g/mol. The van der Waals surface area contributed by atoms with Crippen molar-refractivity contribution in [2.24, 2.45) is 0 Å². The van der Waals surface area contributed by atoms with E-state index in [1.54, 1.807) is 12.1 Å². The SMILES string of the molecule is CCCCCCC(C)NC(=O)c1c(-c2ccc(C)o2)noc1N. The molecule has 0 aliphatic heterocycles. The fraction of sp³-hybridized carbons (Fsp3) is 0.529. The van der Waals surface area contributed by atoms with Crippen molar-refractivity contribution in [3.8, 4) is 11.5 Å². The predicted octanol–water partition coefficient (Wildman–Crippen LogP) is 3.91. The van der Waals surface area contributed by atoms with E-state index in [4.69, 9.17) is 14.7 Å². The third-order valence-electron chi connectivity index (χ3n) is 3.79. The number of carbonyl (C=O) groups excluding carboxylic acids is 1. The number of aryl methyl sites for hydroxylation is 1. The molecule has 3 N–H and O–H groups in total. The maximum atomic E-state index is 12.5. The van der Waals surface area contributed by atoms with Crippen molar-refractivity contribution in [2.75, 3.05) is 5.73 Å². The Morgan fingerprint density at radius 2 is 2.13 bits per heavy atom. The van der Waals surface area contributed by atoms with Crippen LogP contribution in [0.5, 0.6) is 0 Å². The molecule has 2 aromatic rings. The van der Waals surface area contributed by atoms with Gasteiger partial charge in [-0.3, -0.25) is 4.79 Å². The number of aromatic nitrogens is 1. The molecule has 6 nitrogen and oxygen atoms in total. The summed E-state index contributed by atoms with van der Waals surface area (Å²) in [6.07, 6.45) is 5.64. The summed E-state index contributed by atoms with van der Waals surface area (Å²) in [7, 11) is 0. The Hall–Kier alpha value is -2.24. The van der Waals surface area contributed by atoms with Gasteiger partial charge in [-0.2, -0.15) is 0 Å². The van der Waals surface area contributed by atoms with E-state index < -0.39 is 0 Å². The van der Waals surface area contributed by atoms with Crippen LogP contribution in [0.4, 0.5) is 5.88 Å². The number of hydrogen-bond donors (Lipinski definition) is 2. The summed E-state index contributed by atoms with van der Waals surface area (Å²) in [5, 5.41) is 6.82. The number of rotatable bonds is 8. The van der Waals surface area contributed by atoms with E-state index in [-0.39, 0.29) is 23.4 Å². The van der Waals surface area contributed by atoms with Gasteiger partial charge in [0.1, 0.15) is 11.3 Å². The highest BCUT2D eigenvalue weighted by atomic mass is 16.5. The summed E-state index contributed by atoms with van der Waals surface area (Å²) in [5.41, 5.74) is 6.35. The van der Waals surface area contributed by atoms with Gasteiger partial charge in [0.2, 0.25) is 5.88 Å². The van der Waals surface area contributed by atoms with Crippen LogP contribution >= 0.6 is 0 Å². The van der Waals surface area contributed by atoms with E-state index in [1.165, 1.54) is 19.3 Å². The van der Waals surface area contributed by atoms with Crippen molar-refractivity contribution in [3.05, 3.63) is 23.5 Å². The third-order valence-corrected chi connectivity index (χ3v) is 3.79. The molecule has 0 bridgehead atoms. The molecule has 0 spiro atoms. The summed E-state index contributed by atoms with van der Waals surface area (Å²) in [4.78, 5) is 12.5. The number of hydrogen-bond acceptors (Lipinski definition) is 5. The molecule has 0 fully saturated rings. The smallest absolute Gasteiger partial charge is 0.259 e. The van der Waals surface area contributed by atoms with Gasteiger partial charge in [-0.15, -0.1) is 0 Å². The van der Waals surface area contributed by atoms with Crippen LogP contribution in [-0.2, 0) is 0 Å². The van der Waals surface area contributed by atoms with Crippen molar-refractivity contribution < 1.29 is 13.7 Å². The molecule has 126 valence electrons. The first-order chi connectivity index (χ1) is 11.0. The number of nitrogen functional groups attached to an aromatic ring is 1. The highest BCUT2D eigenvalue weighted by Gasteiger charge is 2.25. The van der Waals surface area contributed by atoms with Crippen LogP contribution in [0, 0.1) is 6.92 Å². The fourth-order valence-electron chi connectivity index (χ4n) is 2.50. The van der Waals surface area contributed by atoms with Gasteiger partial charge in [0, 0.05) is 6.04 Å². The predicted molar refractivity (Wildman–Crippen MR) is 89.0 cm³/mol. The van der Waals surface area contributed by atoms with E-state index in [9.17, 15) is 4.79 Å². The Balaban J connectivity index is 2.03. The molecule has 0 aliphatic rings. The molecule has 23 heavy (non-hydrogen) atoms. The Kier molecular flexibility index (Phi) is 5.84. The third kappa shape index (κ3) is 4.37. The molecule has 1 amide bonds. The molecule has 2 heterocycles. The highest BCUT2D eigenvalue weighted by Crippen LogP contribution is 2.28. The second-order valence-corrected chi connectivity index (χ2v) is 5.90. The van der Waals surface area contributed by atoms with Gasteiger partial charge in [-0.25, -0.2) is 0 Å². The molecule has 0 aromatic carbocycles. The lowest BCUT2D eigenvalue weighted by Gasteiger charge is -2.13. The second kappa shape index (κ2) is 7.85. The average Bonchev–Trinajstić information content (AvgIpc) is 3.09. The molecule has 0 radical (unpaired) electrons. The van der Waals surface area contributed by atoms with Gasteiger partial charge >= 0.3 is 0 Å². The van der Waals surface area contributed by atoms with Crippen LogP contribution in [-0.4, -0.2) is 17.1 Å². The molecular weight excluding hydrogens is 294 g/mol. The number of amides is 1. The maximum absolute atomic E-state index is 12.5. The number of anilines is 1. The maximum Gasteiger partial charge on any atom is 0.259 e. The van der Waals surface area contributed by atoms with Crippen molar-refractivity contribution >= 4 is 11.8 Å². The zero-order chi connectivity index (χ0) is 16.8. The van der Waals surface area contributed by atoms with E-state index in [0.717, 1.165) is 18.6 Å². The quantitative estimate of drug-likeness (QED) is 0.719. The van der Waals surface area contributed by atoms with Crippen LogP contribution in [0.3, 0.4) is 0 Å². The number of carbonyl (C=O) groups is 1. The molecule has 2 rings (SSSR count). The van der Waals surface area contributed by atoms with E-state index >= 15 is 0 Å². The van der Waals surface area contributed by atoms with Crippen LogP contribution in [0.1, 0.15) is 62.1 Å². The number of nitrogens with one attached hydrogen (secondary N) is 1. The fourth-order valence-corrected chi connectivity index (χ4v) is 2.50. The molecule has 0 saturated carbocycles. The number of unbranched alkanes of at least 4 members (excludes halogenated alkanes) is 3. The summed E-state index contributed by atoms with van der Waals surface area (Å²) in [6.45, 7) is 5.99. The van der Waals surface area contributed by atoms with E-state index in [1.807, 2.05) is 13.8 Å². The van der Waals surface area contributed by atoms with E-state index in [2.05, 4.69) is 17.4 Å². The first kappa shape index (κ1) is 17.1. The standard InChI is InChI=1S/C17H25N3O3/c1-4-5-6-7-8-11(2)19-17(21)14-15(20-23-16(14)18)13-10-9-12(3)22-13/h9-11H,4-8,18H2,1-3H3,(H,19,21). The van der Waals surface area contributed by atoms with Crippen molar-refractivity contribution in [3.63, 3.8) is 0 Å². The first-order valence-electron chi connectivity index (χ1n) is 8.15. The molecule has 1 unspecified atom stereocenters. The summed E-state index contributed by atoms with van der Waals surface area (Å²) < 4.78 is 10.5. The minimum absolute atomic E-state index is 0.00439. The molecule has 1 atom stereocenters. The van der Waals surface area contributed by atoms with Crippen molar-refractivity contribution in [1.82, 2.24) is 10.5 Å². The van der Waals surface area contributed by atoms with Crippen LogP contribution in [0.15, 0.2) is 21.1 Å². The average molecular weight is 319 g/mol. The number of nitrogens with zero attached hydrogens (tertiary/aromatic N) is 1. The van der Waals surface area contributed by atoms with Crippen LogP contribution < -0.4 is 11.1 Å². The van der Waals surface area contributed by atoms with Gasteiger partial charge in [0.25, 0.3) is 5.91 Å². The zero-order valence-electron chi connectivity index (χ0n) is 14.0. The Morgan fingerprint density at radius 3 is 2.78 bits per heavy atom. The van der Waals surface area contributed by atoms with Crippen molar-refractivity contribution in [2.45, 2.75) is 58.9 Å². The first-order valence-corrected chi connectivity index (χ1v) is 8.15. The molecule has 6 heteroatoms. The van der Waals surface area contributed by atoms with Crippen molar-refractivity contribution in [1.29, 1.82) is 0 Å². The normalized spacial score (nSPS) is 12.3. The number of nitrogens with two attached hydrogens (primary N) is 1. The van der Waals surface area contributed by atoms with Gasteiger partial charge in [0.15, 0.2) is 11.5 Å². The Labute approximate surface area is 136 Å². The minimum atomic E-state index is -0.282. The second-order valence-electron chi connectivity index (χ2n) is 5.90. The lowest BCUT2D eigenvalue weighted by atomic mass is 10.1.